The summed E-state index contributed by atoms with van der Waals surface area (Å²) in [4.78, 5) is 12.6. The minimum atomic E-state index is -0.763. The van der Waals surface area contributed by atoms with Gasteiger partial charge >= 0.3 is 5.97 Å². The van der Waals surface area contributed by atoms with Crippen LogP contribution in [0.25, 0.3) is 10.8 Å². The Morgan fingerprint density at radius 3 is 2.56 bits per heavy atom. The molecule has 0 spiro atoms. The number of carbonyl (C=O) groups excluding carboxylic acids is 1. The van der Waals surface area contributed by atoms with Gasteiger partial charge in [0.05, 0.1) is 11.7 Å². The molecule has 0 heterocycles. The van der Waals surface area contributed by atoms with E-state index >= 15 is 0 Å². The highest BCUT2D eigenvalue weighted by molar-refractivity contribution is 6.05. The van der Waals surface area contributed by atoms with Gasteiger partial charge < -0.3 is 20.3 Å². The molecule has 3 rings (SSSR count). The number of benzene rings is 3. The van der Waals surface area contributed by atoms with E-state index in [0.29, 0.717) is 17.7 Å². The molecule has 27 heavy (non-hydrogen) atoms. The van der Waals surface area contributed by atoms with Gasteiger partial charge in [-0.25, -0.2) is 4.79 Å². The average Bonchev–Trinajstić information content (AvgIpc) is 2.67. The standard InChI is InChI=1S/C22H23NO4/c1-14(2)23-13-20(25)16-10-11-21(19(24)12-16)27-22(26)18-9-5-7-15-6-3-4-8-17(15)18/h3-12,14,20,23-25H,13H2,1-2H3. The Kier molecular flexibility index (Phi) is 5.74. The predicted octanol–water partition coefficient (Wildman–Crippen LogP) is 3.80. The van der Waals surface area contributed by atoms with Crippen LogP contribution in [0.15, 0.2) is 60.7 Å². The van der Waals surface area contributed by atoms with Crippen LogP contribution in [0.2, 0.25) is 0 Å². The fourth-order valence-corrected chi connectivity index (χ4v) is 2.85. The quantitative estimate of drug-likeness (QED) is 0.457. The molecular weight excluding hydrogens is 342 g/mol. The molecule has 0 saturated carbocycles. The molecule has 0 bridgehead atoms. The van der Waals surface area contributed by atoms with E-state index in [4.69, 9.17) is 4.74 Å². The maximum atomic E-state index is 12.6. The van der Waals surface area contributed by atoms with Gasteiger partial charge in [0.25, 0.3) is 0 Å². The lowest BCUT2D eigenvalue weighted by atomic mass is 10.0. The van der Waals surface area contributed by atoms with Gasteiger partial charge in [0, 0.05) is 12.6 Å². The number of carbonyl (C=O) groups is 1. The molecule has 3 N–H and O–H groups in total. The van der Waals surface area contributed by atoms with Crippen molar-refractivity contribution in [3.63, 3.8) is 0 Å². The minimum absolute atomic E-state index is 0.0562. The molecule has 1 unspecified atom stereocenters. The Labute approximate surface area is 158 Å². The fourth-order valence-electron chi connectivity index (χ4n) is 2.85. The van der Waals surface area contributed by atoms with Gasteiger partial charge in [0.15, 0.2) is 11.5 Å². The maximum absolute atomic E-state index is 12.6. The summed E-state index contributed by atoms with van der Waals surface area (Å²) in [7, 11) is 0. The number of fused-ring (bicyclic) bond motifs is 1. The summed E-state index contributed by atoms with van der Waals surface area (Å²) < 4.78 is 5.39. The first-order valence-corrected chi connectivity index (χ1v) is 8.90. The van der Waals surface area contributed by atoms with Crippen LogP contribution in [0.1, 0.15) is 35.9 Å². The van der Waals surface area contributed by atoms with Crippen LogP contribution in [-0.2, 0) is 0 Å². The van der Waals surface area contributed by atoms with Crippen molar-refractivity contribution in [1.82, 2.24) is 5.32 Å². The summed E-state index contributed by atoms with van der Waals surface area (Å²) in [6.07, 6.45) is -0.763. The van der Waals surface area contributed by atoms with E-state index in [1.54, 1.807) is 18.2 Å². The zero-order chi connectivity index (χ0) is 19.4. The number of ether oxygens (including phenoxy) is 1. The van der Waals surface area contributed by atoms with E-state index in [1.807, 2.05) is 44.2 Å². The van der Waals surface area contributed by atoms with Crippen molar-refractivity contribution in [3.05, 3.63) is 71.8 Å². The number of esters is 1. The third-order valence-electron chi connectivity index (χ3n) is 4.30. The number of nitrogens with one attached hydrogen (secondary N) is 1. The largest absolute Gasteiger partial charge is 0.504 e. The number of aromatic hydroxyl groups is 1. The number of phenols is 1. The van der Waals surface area contributed by atoms with Crippen molar-refractivity contribution in [2.75, 3.05) is 6.54 Å². The minimum Gasteiger partial charge on any atom is -0.504 e. The van der Waals surface area contributed by atoms with E-state index in [1.165, 1.54) is 12.1 Å². The van der Waals surface area contributed by atoms with Gasteiger partial charge in [-0.2, -0.15) is 0 Å². The zero-order valence-corrected chi connectivity index (χ0v) is 15.3. The molecule has 0 aromatic heterocycles. The van der Waals surface area contributed by atoms with Crippen molar-refractivity contribution < 1.29 is 19.7 Å². The molecule has 5 heteroatoms. The molecule has 3 aromatic carbocycles. The number of phenolic OH excluding ortho intramolecular Hbond substituents is 1. The van der Waals surface area contributed by atoms with E-state index in [0.717, 1.165) is 10.8 Å². The van der Waals surface area contributed by atoms with Crippen LogP contribution in [0, 0.1) is 0 Å². The summed E-state index contributed by atoms with van der Waals surface area (Å²) in [6, 6.07) is 17.7. The third-order valence-corrected chi connectivity index (χ3v) is 4.30. The lowest BCUT2D eigenvalue weighted by molar-refractivity contribution is 0.0731. The topological polar surface area (TPSA) is 78.8 Å². The van der Waals surface area contributed by atoms with Crippen molar-refractivity contribution in [1.29, 1.82) is 0 Å². The molecule has 0 saturated heterocycles. The molecule has 1 atom stereocenters. The smallest absolute Gasteiger partial charge is 0.344 e. The second-order valence-corrected chi connectivity index (χ2v) is 6.72. The highest BCUT2D eigenvalue weighted by atomic mass is 16.5. The predicted molar refractivity (Wildman–Crippen MR) is 105 cm³/mol. The Balaban J connectivity index is 1.78. The molecule has 0 aliphatic rings. The van der Waals surface area contributed by atoms with Gasteiger partial charge in [0.1, 0.15) is 0 Å². The number of hydrogen-bond donors (Lipinski definition) is 3. The first-order valence-electron chi connectivity index (χ1n) is 8.90. The molecule has 0 aliphatic carbocycles. The SMILES string of the molecule is CC(C)NCC(O)c1ccc(OC(=O)c2cccc3ccccc23)c(O)c1. The maximum Gasteiger partial charge on any atom is 0.344 e. The van der Waals surface area contributed by atoms with E-state index in [2.05, 4.69) is 5.32 Å². The normalized spacial score (nSPS) is 12.3. The highest BCUT2D eigenvalue weighted by Crippen LogP contribution is 2.30. The number of aliphatic hydroxyl groups excluding tert-OH is 1. The van der Waals surface area contributed by atoms with Gasteiger partial charge in [0.2, 0.25) is 0 Å². The Morgan fingerprint density at radius 1 is 1.07 bits per heavy atom. The molecule has 0 amide bonds. The van der Waals surface area contributed by atoms with Gasteiger partial charge in [-0.15, -0.1) is 0 Å². The lowest BCUT2D eigenvalue weighted by Gasteiger charge is -2.15. The first kappa shape index (κ1) is 18.9. The average molecular weight is 365 g/mol. The van der Waals surface area contributed by atoms with Crippen LogP contribution < -0.4 is 10.1 Å². The molecular formula is C22H23NO4. The Bertz CT molecular complexity index is 947. The van der Waals surface area contributed by atoms with E-state index in [-0.39, 0.29) is 17.5 Å². The van der Waals surface area contributed by atoms with Crippen LogP contribution in [-0.4, -0.2) is 28.8 Å². The number of rotatable bonds is 6. The van der Waals surface area contributed by atoms with Crippen molar-refractivity contribution in [3.8, 4) is 11.5 Å². The second kappa shape index (κ2) is 8.20. The van der Waals surface area contributed by atoms with Crippen molar-refractivity contribution >= 4 is 16.7 Å². The van der Waals surface area contributed by atoms with Crippen molar-refractivity contribution in [2.45, 2.75) is 26.0 Å². The van der Waals surface area contributed by atoms with Crippen molar-refractivity contribution in [2.24, 2.45) is 0 Å². The summed E-state index contributed by atoms with van der Waals surface area (Å²) in [6.45, 7) is 4.34. The fraction of sp³-hybridized carbons (Fsp3) is 0.227. The second-order valence-electron chi connectivity index (χ2n) is 6.72. The molecule has 140 valence electrons. The molecule has 0 fully saturated rings. The number of hydrogen-bond acceptors (Lipinski definition) is 5. The highest BCUT2D eigenvalue weighted by Gasteiger charge is 2.16. The van der Waals surface area contributed by atoms with Gasteiger partial charge in [-0.1, -0.05) is 56.3 Å². The Hall–Kier alpha value is -2.89. The third kappa shape index (κ3) is 4.45. The van der Waals surface area contributed by atoms with E-state index in [9.17, 15) is 15.0 Å². The summed E-state index contributed by atoms with van der Waals surface area (Å²) in [5.41, 5.74) is 0.975. The monoisotopic (exact) mass is 365 g/mol. The summed E-state index contributed by atoms with van der Waals surface area (Å²) in [5.74, 6) is -0.678. The molecule has 0 radical (unpaired) electrons. The molecule has 5 nitrogen and oxygen atoms in total. The summed E-state index contributed by atoms with van der Waals surface area (Å²) in [5, 5.41) is 25.3. The van der Waals surface area contributed by atoms with Crippen LogP contribution in [0.3, 0.4) is 0 Å². The van der Waals surface area contributed by atoms with Gasteiger partial charge in [-0.05, 0) is 34.5 Å². The molecule has 3 aromatic rings. The van der Waals surface area contributed by atoms with E-state index < -0.39 is 12.1 Å². The van der Waals surface area contributed by atoms with Crippen LogP contribution >= 0.6 is 0 Å². The zero-order valence-electron chi connectivity index (χ0n) is 15.3. The lowest BCUT2D eigenvalue weighted by Crippen LogP contribution is -2.27. The summed E-state index contributed by atoms with van der Waals surface area (Å²) >= 11 is 0. The van der Waals surface area contributed by atoms with Gasteiger partial charge in [-0.3, -0.25) is 0 Å². The number of aliphatic hydroxyl groups is 1. The van der Waals surface area contributed by atoms with Crippen LogP contribution in [0.5, 0.6) is 11.5 Å². The Morgan fingerprint density at radius 2 is 1.81 bits per heavy atom. The van der Waals surface area contributed by atoms with Crippen LogP contribution in [0.4, 0.5) is 0 Å². The first-order chi connectivity index (χ1) is 13.0. The molecule has 0 aliphatic heterocycles.